The molecular formula is C17H22ClNO2. The molecule has 2 N–H and O–H groups in total. The first kappa shape index (κ1) is 17.6. The second-order valence-corrected chi connectivity index (χ2v) is 6.44. The van der Waals surface area contributed by atoms with Crippen molar-refractivity contribution < 1.29 is 9.90 Å². The van der Waals surface area contributed by atoms with Crippen molar-refractivity contribution in [3.63, 3.8) is 0 Å². The molecule has 0 radical (unpaired) electrons. The van der Waals surface area contributed by atoms with Gasteiger partial charge in [0.15, 0.2) is 0 Å². The molecule has 0 heterocycles. The lowest BCUT2D eigenvalue weighted by molar-refractivity contribution is 0.0949. The van der Waals surface area contributed by atoms with Crippen molar-refractivity contribution in [1.82, 2.24) is 5.32 Å². The van der Waals surface area contributed by atoms with Crippen molar-refractivity contribution in [3.05, 3.63) is 34.3 Å². The third-order valence-electron chi connectivity index (χ3n) is 2.85. The highest BCUT2D eigenvalue weighted by Crippen LogP contribution is 2.18. The fraction of sp³-hybridized carbons (Fsp3) is 0.471. The molecule has 0 aliphatic heterocycles. The summed E-state index contributed by atoms with van der Waals surface area (Å²) in [5.41, 5.74) is 1.38. The van der Waals surface area contributed by atoms with E-state index >= 15 is 0 Å². The smallest absolute Gasteiger partial charge is 0.251 e. The number of halogens is 1. The zero-order valence-electron chi connectivity index (χ0n) is 12.8. The van der Waals surface area contributed by atoms with Crippen molar-refractivity contribution in [1.29, 1.82) is 0 Å². The van der Waals surface area contributed by atoms with Crippen LogP contribution < -0.4 is 5.32 Å². The summed E-state index contributed by atoms with van der Waals surface area (Å²) >= 11 is 6.11. The fourth-order valence-electron chi connectivity index (χ4n) is 1.62. The van der Waals surface area contributed by atoms with Gasteiger partial charge in [-0.05, 0) is 30.0 Å². The number of rotatable bonds is 4. The van der Waals surface area contributed by atoms with Crippen LogP contribution in [0.4, 0.5) is 0 Å². The summed E-state index contributed by atoms with van der Waals surface area (Å²) in [5.74, 6) is 5.55. The van der Waals surface area contributed by atoms with Crippen LogP contribution in [0, 0.1) is 17.3 Å². The van der Waals surface area contributed by atoms with E-state index in [2.05, 4.69) is 37.9 Å². The summed E-state index contributed by atoms with van der Waals surface area (Å²) in [6.45, 7) is 7.07. The molecule has 4 heteroatoms. The molecule has 1 rings (SSSR count). The molecule has 0 bridgehead atoms. The highest BCUT2D eigenvalue weighted by atomic mass is 35.5. The Kier molecular flexibility index (Phi) is 6.74. The molecule has 21 heavy (non-hydrogen) atoms. The number of carbonyl (C=O) groups excluding carboxylic acids is 1. The van der Waals surface area contributed by atoms with Crippen LogP contribution in [0.25, 0.3) is 0 Å². The molecule has 1 aromatic rings. The standard InChI is InChI=1S/C17H22ClNO2/c1-17(2,3)9-10-19-16(21)14-8-7-13(15(18)12-14)6-4-5-11-20/h7-8,12,20H,5,9-11H2,1-3H3,(H,19,21). The summed E-state index contributed by atoms with van der Waals surface area (Å²) in [6.07, 6.45) is 1.32. The van der Waals surface area contributed by atoms with E-state index in [1.54, 1.807) is 18.2 Å². The average molecular weight is 308 g/mol. The number of carbonyl (C=O) groups is 1. The van der Waals surface area contributed by atoms with Crippen molar-refractivity contribution in [2.24, 2.45) is 5.41 Å². The van der Waals surface area contributed by atoms with E-state index in [0.29, 0.717) is 29.1 Å². The topological polar surface area (TPSA) is 49.3 Å². The van der Waals surface area contributed by atoms with Gasteiger partial charge in [-0.25, -0.2) is 0 Å². The Morgan fingerprint density at radius 2 is 2.10 bits per heavy atom. The molecule has 1 amide bonds. The number of hydrogen-bond acceptors (Lipinski definition) is 2. The van der Waals surface area contributed by atoms with Crippen LogP contribution in [0.3, 0.4) is 0 Å². The summed E-state index contributed by atoms with van der Waals surface area (Å²) in [7, 11) is 0. The predicted octanol–water partition coefficient (Wildman–Crippen LogP) is 3.24. The third-order valence-corrected chi connectivity index (χ3v) is 3.16. The molecule has 0 aliphatic carbocycles. The zero-order valence-corrected chi connectivity index (χ0v) is 13.5. The van der Waals surface area contributed by atoms with Gasteiger partial charge in [-0.15, -0.1) is 0 Å². The Labute approximate surface area is 131 Å². The van der Waals surface area contributed by atoms with Gasteiger partial charge in [0.1, 0.15) is 0 Å². The SMILES string of the molecule is CC(C)(C)CCNC(=O)c1ccc(C#CCCO)c(Cl)c1. The highest BCUT2D eigenvalue weighted by Gasteiger charge is 2.12. The van der Waals surface area contributed by atoms with Gasteiger partial charge in [-0.3, -0.25) is 4.79 Å². The number of benzene rings is 1. The first-order chi connectivity index (χ1) is 9.83. The second kappa shape index (κ2) is 8.07. The second-order valence-electron chi connectivity index (χ2n) is 6.04. The first-order valence-corrected chi connectivity index (χ1v) is 7.39. The lowest BCUT2D eigenvalue weighted by Crippen LogP contribution is -2.27. The third kappa shape index (κ3) is 6.66. The van der Waals surface area contributed by atoms with Crippen molar-refractivity contribution >= 4 is 17.5 Å². The minimum atomic E-state index is -0.129. The minimum absolute atomic E-state index is 0.0267. The molecule has 3 nitrogen and oxygen atoms in total. The maximum atomic E-state index is 12.0. The molecule has 0 aliphatic rings. The van der Waals surface area contributed by atoms with Crippen molar-refractivity contribution in [2.75, 3.05) is 13.2 Å². The van der Waals surface area contributed by atoms with E-state index in [4.69, 9.17) is 16.7 Å². The van der Waals surface area contributed by atoms with Crippen LogP contribution in [0.15, 0.2) is 18.2 Å². The van der Waals surface area contributed by atoms with E-state index in [-0.39, 0.29) is 17.9 Å². The molecule has 0 atom stereocenters. The van der Waals surface area contributed by atoms with Gasteiger partial charge in [0.25, 0.3) is 5.91 Å². The molecule has 0 aromatic heterocycles. The van der Waals surface area contributed by atoms with Crippen LogP contribution in [-0.4, -0.2) is 24.2 Å². The zero-order chi connectivity index (χ0) is 15.9. The Morgan fingerprint density at radius 3 is 2.67 bits per heavy atom. The first-order valence-electron chi connectivity index (χ1n) is 7.01. The van der Waals surface area contributed by atoms with Crippen LogP contribution in [0.5, 0.6) is 0 Å². The predicted molar refractivity (Wildman–Crippen MR) is 86.4 cm³/mol. The van der Waals surface area contributed by atoms with Gasteiger partial charge in [0.05, 0.1) is 11.6 Å². The maximum Gasteiger partial charge on any atom is 0.251 e. The monoisotopic (exact) mass is 307 g/mol. The summed E-state index contributed by atoms with van der Waals surface area (Å²) < 4.78 is 0. The van der Waals surface area contributed by atoms with E-state index in [0.717, 1.165) is 6.42 Å². The lowest BCUT2D eigenvalue weighted by Gasteiger charge is -2.18. The highest BCUT2D eigenvalue weighted by molar-refractivity contribution is 6.32. The Morgan fingerprint density at radius 1 is 1.38 bits per heavy atom. The quantitative estimate of drug-likeness (QED) is 0.839. The van der Waals surface area contributed by atoms with Crippen LogP contribution in [-0.2, 0) is 0 Å². The molecule has 0 saturated carbocycles. The van der Waals surface area contributed by atoms with Gasteiger partial charge < -0.3 is 10.4 Å². The van der Waals surface area contributed by atoms with Gasteiger partial charge in [0, 0.05) is 24.1 Å². The molecular weight excluding hydrogens is 286 g/mol. The number of amides is 1. The van der Waals surface area contributed by atoms with Gasteiger partial charge in [0.2, 0.25) is 0 Å². The summed E-state index contributed by atoms with van der Waals surface area (Å²) in [5, 5.41) is 12.0. The molecule has 0 spiro atoms. The molecule has 0 fully saturated rings. The lowest BCUT2D eigenvalue weighted by atomic mass is 9.92. The van der Waals surface area contributed by atoms with E-state index in [1.807, 2.05) is 0 Å². The Hall–Kier alpha value is -1.50. The number of hydrogen-bond donors (Lipinski definition) is 2. The van der Waals surface area contributed by atoms with Gasteiger partial charge in [-0.1, -0.05) is 44.2 Å². The van der Waals surface area contributed by atoms with E-state index in [1.165, 1.54) is 0 Å². The van der Waals surface area contributed by atoms with Crippen LogP contribution in [0.1, 0.15) is 49.5 Å². The van der Waals surface area contributed by atoms with Crippen LogP contribution in [0.2, 0.25) is 5.02 Å². The molecule has 0 saturated heterocycles. The number of nitrogens with one attached hydrogen (secondary N) is 1. The normalized spacial score (nSPS) is 10.7. The molecule has 0 unspecified atom stereocenters. The fourth-order valence-corrected chi connectivity index (χ4v) is 1.85. The summed E-state index contributed by atoms with van der Waals surface area (Å²) in [6, 6.07) is 5.06. The Bertz CT molecular complexity index is 550. The van der Waals surface area contributed by atoms with Gasteiger partial charge in [-0.2, -0.15) is 0 Å². The van der Waals surface area contributed by atoms with Crippen molar-refractivity contribution in [2.45, 2.75) is 33.6 Å². The number of aliphatic hydroxyl groups is 1. The molecule has 1 aromatic carbocycles. The van der Waals surface area contributed by atoms with Crippen molar-refractivity contribution in [3.8, 4) is 11.8 Å². The van der Waals surface area contributed by atoms with Gasteiger partial charge >= 0.3 is 0 Å². The molecule has 114 valence electrons. The van der Waals surface area contributed by atoms with E-state index in [9.17, 15) is 4.79 Å². The average Bonchev–Trinajstić information content (AvgIpc) is 2.39. The Balaban J connectivity index is 2.66. The minimum Gasteiger partial charge on any atom is -0.395 e. The number of aliphatic hydroxyl groups excluding tert-OH is 1. The largest absolute Gasteiger partial charge is 0.395 e. The maximum absolute atomic E-state index is 12.0. The van der Waals surface area contributed by atoms with Crippen LogP contribution >= 0.6 is 11.6 Å². The summed E-state index contributed by atoms with van der Waals surface area (Å²) in [4.78, 5) is 12.0. The van der Waals surface area contributed by atoms with E-state index < -0.39 is 0 Å².